The van der Waals surface area contributed by atoms with Gasteiger partial charge in [-0.3, -0.25) is 4.98 Å². The van der Waals surface area contributed by atoms with Gasteiger partial charge in [0.2, 0.25) is 0 Å². The van der Waals surface area contributed by atoms with Crippen molar-refractivity contribution in [3.63, 3.8) is 0 Å². The molecule has 7 nitrogen and oxygen atoms in total. The third kappa shape index (κ3) is 4.77. The molecule has 1 amide bonds. The minimum atomic E-state index is -0.475. The van der Waals surface area contributed by atoms with Crippen LogP contribution in [0.25, 0.3) is 0 Å². The average molecular weight is 293 g/mol. The monoisotopic (exact) mass is 293 g/mol. The smallest absolute Gasteiger partial charge is 0.410 e. The van der Waals surface area contributed by atoms with Crippen LogP contribution in [0.3, 0.4) is 0 Å². The van der Waals surface area contributed by atoms with Crippen LogP contribution >= 0.6 is 0 Å². The number of carbonyl (C=O) groups excluding carboxylic acids is 1. The van der Waals surface area contributed by atoms with Crippen LogP contribution in [0.15, 0.2) is 12.4 Å². The highest BCUT2D eigenvalue weighted by molar-refractivity contribution is 5.68. The molecule has 3 N–H and O–H groups in total. The molecule has 0 aromatic carbocycles. The summed E-state index contributed by atoms with van der Waals surface area (Å²) in [5.41, 5.74) is 5.14. The quantitative estimate of drug-likeness (QED) is 0.864. The zero-order valence-corrected chi connectivity index (χ0v) is 12.8. The van der Waals surface area contributed by atoms with E-state index in [9.17, 15) is 4.79 Å². The summed E-state index contributed by atoms with van der Waals surface area (Å²) in [5.74, 6) is 1.01. The number of amides is 1. The van der Waals surface area contributed by atoms with E-state index < -0.39 is 5.60 Å². The van der Waals surface area contributed by atoms with E-state index in [0.29, 0.717) is 18.2 Å². The fourth-order valence-corrected chi connectivity index (χ4v) is 2.25. The molecule has 0 spiro atoms. The number of nitrogens with one attached hydrogen (secondary N) is 1. The summed E-state index contributed by atoms with van der Waals surface area (Å²) in [6.07, 6.45) is 4.75. The molecule has 1 atom stereocenters. The van der Waals surface area contributed by atoms with Gasteiger partial charge in [0.05, 0.1) is 12.4 Å². The lowest BCUT2D eigenvalue weighted by molar-refractivity contribution is 0.0206. The molecule has 0 aliphatic carbocycles. The van der Waals surface area contributed by atoms with Gasteiger partial charge < -0.3 is 20.7 Å². The maximum Gasteiger partial charge on any atom is 0.410 e. The third-order valence-corrected chi connectivity index (χ3v) is 3.08. The highest BCUT2D eigenvalue weighted by Crippen LogP contribution is 2.17. The second-order valence-electron chi connectivity index (χ2n) is 6.24. The SMILES string of the molecule is CC(C)(C)OC(=O)N1CCC[C@H](Nc2cncc(N)n2)C1. The van der Waals surface area contributed by atoms with E-state index in [2.05, 4.69) is 15.3 Å². The van der Waals surface area contributed by atoms with Crippen LogP contribution in [0.1, 0.15) is 33.6 Å². The van der Waals surface area contributed by atoms with Gasteiger partial charge in [0.15, 0.2) is 0 Å². The summed E-state index contributed by atoms with van der Waals surface area (Å²) < 4.78 is 5.41. The van der Waals surface area contributed by atoms with Crippen molar-refractivity contribution in [1.29, 1.82) is 0 Å². The van der Waals surface area contributed by atoms with Crippen molar-refractivity contribution in [2.45, 2.75) is 45.3 Å². The number of carbonyl (C=O) groups is 1. The molecule has 1 aromatic rings. The van der Waals surface area contributed by atoms with E-state index in [1.807, 2.05) is 20.8 Å². The number of hydrogen-bond donors (Lipinski definition) is 2. The van der Waals surface area contributed by atoms with Crippen molar-refractivity contribution in [3.8, 4) is 0 Å². The van der Waals surface area contributed by atoms with Crippen LogP contribution in [0.5, 0.6) is 0 Å². The number of nitrogens with two attached hydrogens (primary N) is 1. The van der Waals surface area contributed by atoms with Crippen molar-refractivity contribution in [2.75, 3.05) is 24.1 Å². The Balaban J connectivity index is 1.93. The minimum Gasteiger partial charge on any atom is -0.444 e. The normalized spacial score (nSPS) is 19.2. The van der Waals surface area contributed by atoms with Crippen molar-refractivity contribution >= 4 is 17.7 Å². The summed E-state index contributed by atoms with van der Waals surface area (Å²) in [4.78, 5) is 22.0. The second-order valence-corrected chi connectivity index (χ2v) is 6.24. The molecular weight excluding hydrogens is 270 g/mol. The third-order valence-electron chi connectivity index (χ3n) is 3.08. The molecule has 1 fully saturated rings. The first kappa shape index (κ1) is 15.3. The second kappa shape index (κ2) is 6.15. The number of ether oxygens (including phenoxy) is 1. The summed E-state index contributed by atoms with van der Waals surface area (Å²) in [6.45, 7) is 6.91. The van der Waals surface area contributed by atoms with Gasteiger partial charge in [-0.05, 0) is 33.6 Å². The van der Waals surface area contributed by atoms with E-state index >= 15 is 0 Å². The molecular formula is C14H23N5O2. The molecule has 1 aliphatic rings. The van der Waals surface area contributed by atoms with E-state index in [1.54, 1.807) is 11.1 Å². The first-order valence-corrected chi connectivity index (χ1v) is 7.15. The topological polar surface area (TPSA) is 93.4 Å². The van der Waals surface area contributed by atoms with Crippen molar-refractivity contribution < 1.29 is 9.53 Å². The zero-order chi connectivity index (χ0) is 15.5. The maximum atomic E-state index is 12.1. The standard InChI is InChI=1S/C14H23N5O2/c1-14(2,3)21-13(20)19-6-4-5-10(9-19)17-12-8-16-7-11(15)18-12/h7-8,10H,4-6,9H2,1-3H3,(H3,15,17,18)/t10-/m0/s1. The zero-order valence-electron chi connectivity index (χ0n) is 12.8. The number of piperidine rings is 1. The predicted octanol–water partition coefficient (Wildman–Crippen LogP) is 1.87. The lowest BCUT2D eigenvalue weighted by Crippen LogP contribution is -2.47. The summed E-state index contributed by atoms with van der Waals surface area (Å²) >= 11 is 0. The van der Waals surface area contributed by atoms with E-state index in [1.165, 1.54) is 6.20 Å². The summed E-state index contributed by atoms with van der Waals surface area (Å²) in [6, 6.07) is 0.127. The van der Waals surface area contributed by atoms with Gasteiger partial charge in [-0.1, -0.05) is 0 Å². The molecule has 7 heteroatoms. The molecule has 2 rings (SSSR count). The summed E-state index contributed by atoms with van der Waals surface area (Å²) in [5, 5.41) is 3.27. The molecule has 116 valence electrons. The number of nitrogen functional groups attached to an aromatic ring is 1. The van der Waals surface area contributed by atoms with Crippen LogP contribution in [-0.4, -0.2) is 45.7 Å². The molecule has 0 unspecified atom stereocenters. The highest BCUT2D eigenvalue weighted by atomic mass is 16.6. The Morgan fingerprint density at radius 3 is 2.90 bits per heavy atom. The highest BCUT2D eigenvalue weighted by Gasteiger charge is 2.27. The van der Waals surface area contributed by atoms with Gasteiger partial charge in [0, 0.05) is 19.1 Å². The number of anilines is 2. The van der Waals surface area contributed by atoms with Gasteiger partial charge in [0.1, 0.15) is 17.2 Å². The predicted molar refractivity (Wildman–Crippen MR) is 80.9 cm³/mol. The molecule has 0 bridgehead atoms. The van der Waals surface area contributed by atoms with Crippen molar-refractivity contribution in [2.24, 2.45) is 0 Å². The van der Waals surface area contributed by atoms with Gasteiger partial charge in [-0.2, -0.15) is 0 Å². The number of nitrogens with zero attached hydrogens (tertiary/aromatic N) is 3. The van der Waals surface area contributed by atoms with Crippen LogP contribution in [0.4, 0.5) is 16.4 Å². The Bertz CT molecular complexity index is 500. The van der Waals surface area contributed by atoms with E-state index in [0.717, 1.165) is 19.4 Å². The van der Waals surface area contributed by atoms with E-state index in [4.69, 9.17) is 10.5 Å². The van der Waals surface area contributed by atoms with Crippen molar-refractivity contribution in [1.82, 2.24) is 14.9 Å². The number of hydrogen-bond acceptors (Lipinski definition) is 6. The molecule has 0 saturated carbocycles. The Kier molecular flexibility index (Phi) is 4.50. The lowest BCUT2D eigenvalue weighted by atomic mass is 10.1. The van der Waals surface area contributed by atoms with Gasteiger partial charge in [-0.25, -0.2) is 9.78 Å². The fraction of sp³-hybridized carbons (Fsp3) is 0.643. The van der Waals surface area contributed by atoms with Gasteiger partial charge in [0.25, 0.3) is 0 Å². The molecule has 1 saturated heterocycles. The van der Waals surface area contributed by atoms with Crippen LogP contribution < -0.4 is 11.1 Å². The van der Waals surface area contributed by atoms with Gasteiger partial charge >= 0.3 is 6.09 Å². The Morgan fingerprint density at radius 2 is 2.24 bits per heavy atom. The first-order chi connectivity index (χ1) is 9.83. The Labute approximate surface area is 124 Å². The maximum absolute atomic E-state index is 12.1. The van der Waals surface area contributed by atoms with Crippen LogP contribution in [0.2, 0.25) is 0 Å². The summed E-state index contributed by atoms with van der Waals surface area (Å²) in [7, 11) is 0. The Morgan fingerprint density at radius 1 is 1.48 bits per heavy atom. The molecule has 0 radical (unpaired) electrons. The minimum absolute atomic E-state index is 0.127. The molecule has 2 heterocycles. The Hall–Kier alpha value is -2.05. The van der Waals surface area contributed by atoms with Crippen LogP contribution in [0, 0.1) is 0 Å². The van der Waals surface area contributed by atoms with Crippen LogP contribution in [-0.2, 0) is 4.74 Å². The number of rotatable bonds is 2. The molecule has 21 heavy (non-hydrogen) atoms. The van der Waals surface area contributed by atoms with Gasteiger partial charge in [-0.15, -0.1) is 0 Å². The average Bonchev–Trinajstić information content (AvgIpc) is 2.37. The van der Waals surface area contributed by atoms with Crippen molar-refractivity contribution in [3.05, 3.63) is 12.4 Å². The molecule has 1 aromatic heterocycles. The first-order valence-electron chi connectivity index (χ1n) is 7.15. The number of aromatic nitrogens is 2. The molecule has 1 aliphatic heterocycles. The fourth-order valence-electron chi connectivity index (χ4n) is 2.25. The lowest BCUT2D eigenvalue weighted by Gasteiger charge is -2.34. The number of likely N-dealkylation sites (tertiary alicyclic amines) is 1. The largest absolute Gasteiger partial charge is 0.444 e. The van der Waals surface area contributed by atoms with E-state index in [-0.39, 0.29) is 12.1 Å².